The van der Waals surface area contributed by atoms with Crippen LogP contribution >= 0.6 is 34.8 Å². The molecule has 0 bridgehead atoms. The molecule has 0 saturated carbocycles. The van der Waals surface area contributed by atoms with E-state index in [4.69, 9.17) is 39.5 Å². The van der Waals surface area contributed by atoms with Gasteiger partial charge in [0.25, 0.3) is 0 Å². The highest BCUT2D eigenvalue weighted by atomic mass is 35.5. The van der Waals surface area contributed by atoms with Gasteiger partial charge in [0.05, 0.1) is 24.1 Å². The molecule has 2 aromatic carbocycles. The molecule has 0 aliphatic heterocycles. The Labute approximate surface area is 221 Å². The number of nitrogens with zero attached hydrogens (tertiary/aromatic N) is 2. The van der Waals surface area contributed by atoms with Crippen molar-refractivity contribution < 1.29 is 22.7 Å². The molecule has 2 amide bonds. The number of hydrogen-bond donors (Lipinski definition) is 1. The minimum atomic E-state index is -3.65. The molecule has 12 heteroatoms. The summed E-state index contributed by atoms with van der Waals surface area (Å²) in [6, 6.07) is 8.78. The third-order valence-corrected chi connectivity index (χ3v) is 7.42. The minimum absolute atomic E-state index is 0.00243. The highest BCUT2D eigenvalue weighted by Gasteiger charge is 2.27. The Kier molecular flexibility index (Phi) is 10.5. The molecule has 0 aliphatic carbocycles. The second-order valence-corrected chi connectivity index (χ2v) is 11.0. The van der Waals surface area contributed by atoms with Gasteiger partial charge in [0.1, 0.15) is 11.8 Å². The number of hydrogen-bond acceptors (Lipinski definition) is 5. The number of sulfonamides is 1. The lowest BCUT2D eigenvalue weighted by atomic mass is 10.1. The Morgan fingerprint density at radius 2 is 1.77 bits per heavy atom. The number of anilines is 1. The van der Waals surface area contributed by atoms with Gasteiger partial charge in [0, 0.05) is 36.6 Å². The van der Waals surface area contributed by atoms with Crippen LogP contribution < -0.4 is 14.4 Å². The summed E-state index contributed by atoms with van der Waals surface area (Å²) in [5.74, 6) is -0.249. The van der Waals surface area contributed by atoms with Crippen LogP contribution in [0.25, 0.3) is 0 Å². The predicted octanol–water partition coefficient (Wildman–Crippen LogP) is 4.36. The van der Waals surface area contributed by atoms with Crippen LogP contribution in [0.2, 0.25) is 15.1 Å². The predicted molar refractivity (Wildman–Crippen MR) is 140 cm³/mol. The van der Waals surface area contributed by atoms with Crippen molar-refractivity contribution in [2.75, 3.05) is 31.3 Å². The molecule has 0 heterocycles. The van der Waals surface area contributed by atoms with Crippen molar-refractivity contribution in [3.05, 3.63) is 57.0 Å². The smallest absolute Gasteiger partial charge is 0.242 e. The van der Waals surface area contributed by atoms with Crippen LogP contribution in [-0.4, -0.2) is 58.1 Å². The van der Waals surface area contributed by atoms with E-state index >= 15 is 0 Å². The maximum Gasteiger partial charge on any atom is 0.242 e. The Morgan fingerprint density at radius 3 is 2.31 bits per heavy atom. The maximum absolute atomic E-state index is 13.2. The number of halogens is 3. The zero-order chi connectivity index (χ0) is 26.3. The molecule has 0 saturated heterocycles. The quantitative estimate of drug-likeness (QED) is 0.437. The second-order valence-electron chi connectivity index (χ2n) is 7.81. The molecular formula is C23H28Cl3N3O5S. The maximum atomic E-state index is 13.2. The summed E-state index contributed by atoms with van der Waals surface area (Å²) in [6.07, 6.45) is 1.29. The molecule has 1 N–H and O–H groups in total. The third kappa shape index (κ3) is 7.90. The van der Waals surface area contributed by atoms with E-state index in [1.54, 1.807) is 37.3 Å². The molecule has 2 rings (SSSR count). The number of carbonyl (C=O) groups excluding carboxylic acids is 2. The molecule has 2 aromatic rings. The standard InChI is InChI=1S/C23H28Cl3N3O5S/c1-15(23(31)27-2)28(14-16-7-8-17(24)12-19(16)25)22(30)6-5-11-29(35(4,32)33)18-9-10-21(34-3)20(26)13-18/h7-10,12-13,15H,5-6,11,14H2,1-4H3,(H,27,31)/t15-/m1/s1. The van der Waals surface area contributed by atoms with E-state index in [-0.39, 0.29) is 42.8 Å². The number of likely N-dealkylation sites (N-methyl/N-ethyl adjacent to an activating group) is 1. The molecule has 192 valence electrons. The Morgan fingerprint density at radius 1 is 1.09 bits per heavy atom. The van der Waals surface area contributed by atoms with Crippen LogP contribution in [0.15, 0.2) is 36.4 Å². The lowest BCUT2D eigenvalue weighted by molar-refractivity contribution is -0.140. The van der Waals surface area contributed by atoms with Gasteiger partial charge < -0.3 is 15.0 Å². The Balaban J connectivity index is 2.20. The summed E-state index contributed by atoms with van der Waals surface area (Å²) < 4.78 is 31.1. The van der Waals surface area contributed by atoms with Gasteiger partial charge in [0.2, 0.25) is 21.8 Å². The zero-order valence-electron chi connectivity index (χ0n) is 19.8. The largest absolute Gasteiger partial charge is 0.495 e. The lowest BCUT2D eigenvalue weighted by Gasteiger charge is -2.29. The van der Waals surface area contributed by atoms with E-state index in [1.807, 2.05) is 0 Å². The van der Waals surface area contributed by atoms with Crippen LogP contribution in [0.3, 0.4) is 0 Å². The van der Waals surface area contributed by atoms with Gasteiger partial charge in [0.15, 0.2) is 0 Å². The monoisotopic (exact) mass is 563 g/mol. The molecule has 0 aliphatic rings. The molecule has 0 aromatic heterocycles. The van der Waals surface area contributed by atoms with Crippen molar-refractivity contribution in [2.24, 2.45) is 0 Å². The van der Waals surface area contributed by atoms with E-state index in [2.05, 4.69) is 5.32 Å². The first-order valence-corrected chi connectivity index (χ1v) is 13.6. The van der Waals surface area contributed by atoms with Gasteiger partial charge in [-0.05, 0) is 49.2 Å². The Hall–Kier alpha value is -2.20. The number of amides is 2. The first kappa shape index (κ1) is 29.0. The van der Waals surface area contributed by atoms with E-state index in [0.717, 1.165) is 6.26 Å². The SMILES string of the molecule is CNC(=O)[C@@H](C)N(Cc1ccc(Cl)cc1Cl)C(=O)CCCN(c1ccc(OC)c(Cl)c1)S(C)(=O)=O. The van der Waals surface area contributed by atoms with Gasteiger partial charge in [-0.15, -0.1) is 0 Å². The molecule has 0 radical (unpaired) electrons. The molecular weight excluding hydrogens is 537 g/mol. The van der Waals surface area contributed by atoms with Crippen molar-refractivity contribution in [1.29, 1.82) is 0 Å². The molecule has 1 atom stereocenters. The Bertz CT molecular complexity index is 1180. The average Bonchev–Trinajstić information content (AvgIpc) is 2.79. The van der Waals surface area contributed by atoms with Crippen molar-refractivity contribution >= 4 is 62.3 Å². The molecule has 0 spiro atoms. The fourth-order valence-corrected chi connectivity index (χ4v) is 5.12. The average molecular weight is 565 g/mol. The van der Waals surface area contributed by atoms with Gasteiger partial charge in [-0.3, -0.25) is 13.9 Å². The van der Waals surface area contributed by atoms with Crippen molar-refractivity contribution in [1.82, 2.24) is 10.2 Å². The lowest BCUT2D eigenvalue weighted by Crippen LogP contribution is -2.46. The van der Waals surface area contributed by atoms with Crippen LogP contribution in [0.5, 0.6) is 5.75 Å². The highest BCUT2D eigenvalue weighted by Crippen LogP contribution is 2.30. The van der Waals surface area contributed by atoms with Crippen LogP contribution in [0.4, 0.5) is 5.69 Å². The van der Waals surface area contributed by atoms with Crippen LogP contribution in [0, 0.1) is 0 Å². The number of benzene rings is 2. The number of methoxy groups -OCH3 is 1. The first-order chi connectivity index (χ1) is 16.4. The molecule has 0 fully saturated rings. The molecule has 35 heavy (non-hydrogen) atoms. The zero-order valence-corrected chi connectivity index (χ0v) is 22.9. The second kappa shape index (κ2) is 12.7. The van der Waals surface area contributed by atoms with E-state index < -0.39 is 16.1 Å². The topological polar surface area (TPSA) is 96.0 Å². The van der Waals surface area contributed by atoms with E-state index in [9.17, 15) is 18.0 Å². The summed E-state index contributed by atoms with van der Waals surface area (Å²) in [4.78, 5) is 26.9. The van der Waals surface area contributed by atoms with Gasteiger partial charge in [-0.1, -0.05) is 40.9 Å². The summed E-state index contributed by atoms with van der Waals surface area (Å²) in [6.45, 7) is 1.74. The fraction of sp³-hybridized carbons (Fsp3) is 0.391. The van der Waals surface area contributed by atoms with E-state index in [1.165, 1.54) is 29.4 Å². The summed E-state index contributed by atoms with van der Waals surface area (Å²) in [7, 11) is -0.701. The molecule has 0 unspecified atom stereocenters. The number of rotatable bonds is 11. The normalized spacial score (nSPS) is 12.1. The summed E-state index contributed by atoms with van der Waals surface area (Å²) in [5.41, 5.74) is 0.986. The number of ether oxygens (including phenoxy) is 1. The molecule has 8 nitrogen and oxygen atoms in total. The number of carbonyl (C=O) groups is 2. The first-order valence-electron chi connectivity index (χ1n) is 10.6. The van der Waals surface area contributed by atoms with Gasteiger partial charge >= 0.3 is 0 Å². The van der Waals surface area contributed by atoms with Gasteiger partial charge in [-0.2, -0.15) is 0 Å². The van der Waals surface area contributed by atoms with Crippen LogP contribution in [0.1, 0.15) is 25.3 Å². The summed E-state index contributed by atoms with van der Waals surface area (Å²) in [5, 5.41) is 3.64. The van der Waals surface area contributed by atoms with E-state index in [0.29, 0.717) is 27.0 Å². The van der Waals surface area contributed by atoms with Crippen molar-refractivity contribution in [2.45, 2.75) is 32.4 Å². The third-order valence-electron chi connectivity index (χ3n) is 5.35. The summed E-state index contributed by atoms with van der Waals surface area (Å²) >= 11 is 18.4. The fourth-order valence-electron chi connectivity index (χ4n) is 3.44. The minimum Gasteiger partial charge on any atom is -0.495 e. The van der Waals surface area contributed by atoms with Crippen molar-refractivity contribution in [3.63, 3.8) is 0 Å². The number of nitrogens with one attached hydrogen (secondary N) is 1. The van der Waals surface area contributed by atoms with Crippen LogP contribution in [-0.2, 0) is 26.2 Å². The highest BCUT2D eigenvalue weighted by molar-refractivity contribution is 7.92. The van der Waals surface area contributed by atoms with Gasteiger partial charge in [-0.25, -0.2) is 8.42 Å². The van der Waals surface area contributed by atoms with Crippen molar-refractivity contribution in [3.8, 4) is 5.75 Å².